The second-order valence-corrected chi connectivity index (χ2v) is 7.09. The molecule has 1 aromatic rings. The van der Waals surface area contributed by atoms with Gasteiger partial charge in [-0.25, -0.2) is 8.42 Å². The lowest BCUT2D eigenvalue weighted by atomic mass is 9.94. The van der Waals surface area contributed by atoms with E-state index < -0.39 is 10.0 Å². The van der Waals surface area contributed by atoms with E-state index in [2.05, 4.69) is 0 Å². The van der Waals surface area contributed by atoms with E-state index in [9.17, 15) is 8.42 Å². The molecular formula is C14H22N2O2S. The van der Waals surface area contributed by atoms with E-state index >= 15 is 0 Å². The molecule has 1 aliphatic rings. The van der Waals surface area contributed by atoms with Crippen LogP contribution in [0.5, 0.6) is 0 Å². The number of nitrogens with two attached hydrogens (primary N) is 1. The molecule has 0 atom stereocenters. The lowest BCUT2D eigenvalue weighted by Gasteiger charge is -2.33. The van der Waals surface area contributed by atoms with Crippen molar-refractivity contribution in [3.8, 4) is 0 Å². The first-order valence-electron chi connectivity index (χ1n) is 6.80. The first-order chi connectivity index (χ1) is 9.00. The van der Waals surface area contributed by atoms with Crippen LogP contribution in [0.15, 0.2) is 23.1 Å². The molecule has 0 amide bonds. The summed E-state index contributed by atoms with van der Waals surface area (Å²) in [6.45, 7) is 2.42. The molecule has 106 valence electrons. The van der Waals surface area contributed by atoms with Crippen LogP contribution in [0.1, 0.15) is 37.3 Å². The van der Waals surface area contributed by atoms with Crippen molar-refractivity contribution in [2.75, 3.05) is 7.05 Å². The average molecular weight is 282 g/mol. The Balaban J connectivity index is 2.34. The Bertz CT molecular complexity index is 551. The van der Waals surface area contributed by atoms with E-state index in [0.29, 0.717) is 11.4 Å². The van der Waals surface area contributed by atoms with Crippen LogP contribution in [0.2, 0.25) is 0 Å². The largest absolute Gasteiger partial charge is 0.326 e. The van der Waals surface area contributed by atoms with Gasteiger partial charge in [-0.3, -0.25) is 0 Å². The van der Waals surface area contributed by atoms with E-state index in [1.807, 2.05) is 13.0 Å². The minimum Gasteiger partial charge on any atom is -0.326 e. The molecule has 2 rings (SSSR count). The Hall–Kier alpha value is -0.910. The Labute approximate surface area is 115 Å². The number of nitrogens with zero attached hydrogens (tertiary/aromatic N) is 1. The molecule has 2 N–H and O–H groups in total. The molecule has 1 fully saturated rings. The van der Waals surface area contributed by atoms with E-state index in [0.717, 1.165) is 36.8 Å². The maximum absolute atomic E-state index is 12.5. The van der Waals surface area contributed by atoms with Gasteiger partial charge in [0.1, 0.15) is 0 Å². The standard InChI is InChI=1S/C14H22N2O2S/c1-3-11-7-8-14(9-12(11)10-15)19(17,18)16(2)13-5-4-6-13/h7-9,13H,3-6,10,15H2,1-2H3. The van der Waals surface area contributed by atoms with E-state index in [-0.39, 0.29) is 6.04 Å². The van der Waals surface area contributed by atoms with Crippen LogP contribution in [0.25, 0.3) is 0 Å². The number of aryl methyl sites for hydroxylation is 1. The third-order valence-corrected chi connectivity index (χ3v) is 5.95. The summed E-state index contributed by atoms with van der Waals surface area (Å²) in [6.07, 6.45) is 3.91. The summed E-state index contributed by atoms with van der Waals surface area (Å²) in [5.41, 5.74) is 7.74. The number of sulfonamides is 1. The van der Waals surface area contributed by atoms with Gasteiger partial charge in [0.15, 0.2) is 0 Å². The maximum atomic E-state index is 12.5. The molecule has 0 unspecified atom stereocenters. The van der Waals surface area contributed by atoms with Gasteiger partial charge in [-0.1, -0.05) is 19.4 Å². The summed E-state index contributed by atoms with van der Waals surface area (Å²) in [5, 5.41) is 0. The highest BCUT2D eigenvalue weighted by atomic mass is 32.2. The first kappa shape index (κ1) is 14.5. The molecule has 0 aliphatic heterocycles. The Morgan fingerprint density at radius 3 is 2.47 bits per heavy atom. The SMILES string of the molecule is CCc1ccc(S(=O)(=O)N(C)C2CCC2)cc1CN. The quantitative estimate of drug-likeness (QED) is 0.897. The molecule has 0 saturated heterocycles. The summed E-state index contributed by atoms with van der Waals surface area (Å²) in [6, 6.07) is 5.47. The molecule has 0 heterocycles. The predicted molar refractivity (Wildman–Crippen MR) is 76.3 cm³/mol. The smallest absolute Gasteiger partial charge is 0.243 e. The van der Waals surface area contributed by atoms with Crippen LogP contribution >= 0.6 is 0 Å². The van der Waals surface area contributed by atoms with Gasteiger partial charge >= 0.3 is 0 Å². The molecule has 0 bridgehead atoms. The monoisotopic (exact) mass is 282 g/mol. The van der Waals surface area contributed by atoms with Crippen molar-refractivity contribution in [1.82, 2.24) is 4.31 Å². The van der Waals surface area contributed by atoms with Gasteiger partial charge in [0, 0.05) is 19.6 Å². The molecule has 1 saturated carbocycles. The van der Waals surface area contributed by atoms with E-state index in [1.165, 1.54) is 4.31 Å². The molecular weight excluding hydrogens is 260 g/mol. The van der Waals surface area contributed by atoms with Gasteiger partial charge in [-0.15, -0.1) is 0 Å². The predicted octanol–water partition coefficient (Wildman–Crippen LogP) is 1.88. The van der Waals surface area contributed by atoms with Crippen LogP contribution in [-0.2, 0) is 23.0 Å². The van der Waals surface area contributed by atoms with Crippen LogP contribution in [0, 0.1) is 0 Å². The van der Waals surface area contributed by atoms with Crippen LogP contribution < -0.4 is 5.73 Å². The number of rotatable bonds is 5. The maximum Gasteiger partial charge on any atom is 0.243 e. The zero-order valence-corrected chi connectivity index (χ0v) is 12.4. The van der Waals surface area contributed by atoms with Crippen LogP contribution in [-0.4, -0.2) is 25.8 Å². The molecule has 0 aromatic heterocycles. The van der Waals surface area contributed by atoms with Crippen molar-refractivity contribution in [2.45, 2.75) is 50.1 Å². The normalized spacial score (nSPS) is 16.6. The zero-order valence-electron chi connectivity index (χ0n) is 11.6. The molecule has 4 nitrogen and oxygen atoms in total. The zero-order chi connectivity index (χ0) is 14.0. The topological polar surface area (TPSA) is 63.4 Å². The molecule has 0 radical (unpaired) electrons. The van der Waals surface area contributed by atoms with Gasteiger partial charge in [-0.05, 0) is 42.5 Å². The Kier molecular flexibility index (Phi) is 4.28. The second kappa shape index (κ2) is 5.61. The summed E-state index contributed by atoms with van der Waals surface area (Å²) < 4.78 is 26.6. The van der Waals surface area contributed by atoms with Crippen molar-refractivity contribution in [2.24, 2.45) is 5.73 Å². The van der Waals surface area contributed by atoms with Gasteiger partial charge in [0.05, 0.1) is 4.90 Å². The third-order valence-electron chi connectivity index (χ3n) is 4.04. The number of hydrogen-bond acceptors (Lipinski definition) is 3. The summed E-state index contributed by atoms with van der Waals surface area (Å²) in [5.74, 6) is 0. The highest BCUT2D eigenvalue weighted by Gasteiger charge is 2.31. The lowest BCUT2D eigenvalue weighted by molar-refractivity contribution is 0.249. The Morgan fingerprint density at radius 1 is 1.32 bits per heavy atom. The van der Waals surface area contributed by atoms with Crippen molar-refractivity contribution in [1.29, 1.82) is 0 Å². The van der Waals surface area contributed by atoms with Crippen molar-refractivity contribution in [3.63, 3.8) is 0 Å². The van der Waals surface area contributed by atoms with Crippen molar-refractivity contribution >= 4 is 10.0 Å². The summed E-state index contributed by atoms with van der Waals surface area (Å²) >= 11 is 0. The fourth-order valence-corrected chi connectivity index (χ4v) is 3.88. The molecule has 1 aromatic carbocycles. The molecule has 1 aliphatic carbocycles. The second-order valence-electron chi connectivity index (χ2n) is 5.09. The van der Waals surface area contributed by atoms with Gasteiger partial charge < -0.3 is 5.73 Å². The highest BCUT2D eigenvalue weighted by Crippen LogP contribution is 2.29. The minimum absolute atomic E-state index is 0.164. The van der Waals surface area contributed by atoms with Gasteiger partial charge in [0.25, 0.3) is 0 Å². The van der Waals surface area contributed by atoms with Gasteiger partial charge in [-0.2, -0.15) is 4.31 Å². The summed E-state index contributed by atoms with van der Waals surface area (Å²) in [4.78, 5) is 0.361. The molecule has 5 heteroatoms. The fraction of sp³-hybridized carbons (Fsp3) is 0.571. The fourth-order valence-electron chi connectivity index (χ4n) is 2.41. The Morgan fingerprint density at radius 2 is 2.00 bits per heavy atom. The minimum atomic E-state index is -3.38. The van der Waals surface area contributed by atoms with Gasteiger partial charge in [0.2, 0.25) is 10.0 Å². The third kappa shape index (κ3) is 2.68. The number of hydrogen-bond donors (Lipinski definition) is 1. The van der Waals surface area contributed by atoms with Crippen molar-refractivity contribution < 1.29 is 8.42 Å². The molecule has 0 spiro atoms. The van der Waals surface area contributed by atoms with Crippen LogP contribution in [0.3, 0.4) is 0 Å². The first-order valence-corrected chi connectivity index (χ1v) is 8.24. The van der Waals surface area contributed by atoms with Crippen LogP contribution in [0.4, 0.5) is 0 Å². The summed E-state index contributed by atoms with van der Waals surface area (Å²) in [7, 11) is -1.70. The lowest BCUT2D eigenvalue weighted by Crippen LogP contribution is -2.41. The molecule has 19 heavy (non-hydrogen) atoms. The van der Waals surface area contributed by atoms with Crippen molar-refractivity contribution in [3.05, 3.63) is 29.3 Å². The highest BCUT2D eigenvalue weighted by molar-refractivity contribution is 7.89. The average Bonchev–Trinajstić information content (AvgIpc) is 2.35. The van der Waals surface area contributed by atoms with E-state index in [1.54, 1.807) is 19.2 Å². The van der Waals surface area contributed by atoms with E-state index in [4.69, 9.17) is 5.73 Å². The number of benzene rings is 1.